The van der Waals surface area contributed by atoms with Crippen LogP contribution in [0.15, 0.2) is 0 Å². The Labute approximate surface area is 72.2 Å². The first kappa shape index (κ1) is 11.1. The van der Waals surface area contributed by atoms with Crippen LogP contribution in [0.3, 0.4) is 0 Å². The van der Waals surface area contributed by atoms with Crippen LogP contribution in [0.4, 0.5) is 0 Å². The van der Waals surface area contributed by atoms with Crippen molar-refractivity contribution < 1.29 is 0 Å². The van der Waals surface area contributed by atoms with Crippen LogP contribution in [-0.2, 0) is 0 Å². The van der Waals surface area contributed by atoms with Gasteiger partial charge in [0.15, 0.2) is 0 Å². The van der Waals surface area contributed by atoms with Crippen molar-refractivity contribution in [3.05, 3.63) is 0 Å². The molecule has 68 valence electrons. The maximum absolute atomic E-state index is 3.51. The lowest BCUT2D eigenvalue weighted by atomic mass is 10.4. The molecule has 0 radical (unpaired) electrons. The molecular weight excluding hydrogens is 154 g/mol. The molecule has 0 aromatic carbocycles. The predicted octanol–water partition coefficient (Wildman–Crippen LogP) is -0.399. The van der Waals surface area contributed by atoms with Gasteiger partial charge in [0.2, 0.25) is 0 Å². The smallest absolute Gasteiger partial charge is 0.113 e. The molecule has 0 saturated heterocycles. The molecule has 0 atom stereocenters. The number of rotatable bonds is 6. The summed E-state index contributed by atoms with van der Waals surface area (Å²) < 4.78 is 0. The van der Waals surface area contributed by atoms with E-state index in [-0.39, 0.29) is 15.5 Å². The van der Waals surface area contributed by atoms with Crippen molar-refractivity contribution in [2.75, 3.05) is 14.1 Å². The first-order valence-electron chi connectivity index (χ1n) is 4.31. The van der Waals surface area contributed by atoms with Gasteiger partial charge in [-0.05, 0) is 21.0 Å². The van der Waals surface area contributed by atoms with Crippen LogP contribution in [0, 0.1) is 0 Å². The highest BCUT2D eigenvalue weighted by molar-refractivity contribution is 6.32. The van der Waals surface area contributed by atoms with Gasteiger partial charge in [-0.15, -0.1) is 0 Å². The van der Waals surface area contributed by atoms with Gasteiger partial charge in [0.25, 0.3) is 0 Å². The van der Waals surface area contributed by atoms with E-state index in [1.807, 2.05) is 14.1 Å². The van der Waals surface area contributed by atoms with Crippen LogP contribution in [0.1, 0.15) is 20.3 Å². The van der Waals surface area contributed by atoms with Gasteiger partial charge in [-0.25, -0.2) is 0 Å². The lowest BCUT2D eigenvalue weighted by Crippen LogP contribution is -2.62. The Balaban J connectivity index is 3.51. The Morgan fingerprint density at radius 3 is 2.18 bits per heavy atom. The van der Waals surface area contributed by atoms with Crippen molar-refractivity contribution in [2.45, 2.75) is 32.1 Å². The van der Waals surface area contributed by atoms with Gasteiger partial charge in [0, 0.05) is 0 Å². The summed E-state index contributed by atoms with van der Waals surface area (Å²) in [4.78, 5) is 3.51. The van der Waals surface area contributed by atoms with Crippen LogP contribution in [0.2, 0.25) is 6.04 Å². The Bertz CT molecular complexity index is 93.7. The molecule has 0 aromatic rings. The summed E-state index contributed by atoms with van der Waals surface area (Å²) in [6.45, 7) is 4.35. The number of hydrogen-bond donors (Lipinski definition) is 3. The molecule has 0 spiro atoms. The van der Waals surface area contributed by atoms with Gasteiger partial charge in [-0.2, -0.15) is 0 Å². The lowest BCUT2D eigenvalue weighted by Gasteiger charge is -2.30. The van der Waals surface area contributed by atoms with Gasteiger partial charge < -0.3 is 4.98 Å². The molecular formula is C7H21N3Si. The Morgan fingerprint density at radius 1 is 1.27 bits per heavy atom. The van der Waals surface area contributed by atoms with Gasteiger partial charge in [-0.3, -0.25) is 10.6 Å². The quantitative estimate of drug-likeness (QED) is 0.292. The molecule has 0 aromatic heterocycles. The van der Waals surface area contributed by atoms with E-state index < -0.39 is 0 Å². The summed E-state index contributed by atoms with van der Waals surface area (Å²) >= 11 is 0. The lowest BCUT2D eigenvalue weighted by molar-refractivity contribution is 0.306. The molecule has 4 heteroatoms. The minimum atomic E-state index is -0.0898. The summed E-state index contributed by atoms with van der Waals surface area (Å²) in [6, 6.07) is 1.36. The third-order valence-electron chi connectivity index (χ3n) is 2.01. The predicted molar refractivity (Wildman–Crippen MR) is 53.3 cm³/mol. The van der Waals surface area contributed by atoms with Crippen molar-refractivity contribution in [3.8, 4) is 0 Å². The third-order valence-corrected chi connectivity index (χ3v) is 4.03. The second kappa shape index (κ2) is 5.71. The largest absolute Gasteiger partial charge is 0.314 e. The highest BCUT2D eigenvalue weighted by atomic mass is 28.2. The first-order valence-corrected chi connectivity index (χ1v) is 6.02. The summed E-state index contributed by atoms with van der Waals surface area (Å²) in [7, 11) is 3.83. The van der Waals surface area contributed by atoms with Gasteiger partial charge in [0.05, 0.1) is 9.68 Å². The van der Waals surface area contributed by atoms with E-state index >= 15 is 0 Å². The zero-order chi connectivity index (χ0) is 8.74. The fourth-order valence-corrected chi connectivity index (χ4v) is 2.20. The van der Waals surface area contributed by atoms with Crippen LogP contribution >= 0.6 is 0 Å². The zero-order valence-corrected chi connectivity index (χ0v) is 9.54. The molecule has 0 aliphatic carbocycles. The standard InChI is InChI=1S/C7H21N3Si/c1-5-6-11-10-7(2,8-3)9-4/h8-10H,5-6,11H2,1-4H3. The summed E-state index contributed by atoms with van der Waals surface area (Å²) in [6.07, 6.45) is 1.29. The second-order valence-electron chi connectivity index (χ2n) is 2.91. The molecule has 0 heterocycles. The summed E-state index contributed by atoms with van der Waals surface area (Å²) in [5.74, 6) is -0.0542. The molecule has 0 aliphatic heterocycles. The van der Waals surface area contributed by atoms with Crippen molar-refractivity contribution in [3.63, 3.8) is 0 Å². The normalized spacial score (nSPS) is 13.1. The monoisotopic (exact) mass is 175 g/mol. The Morgan fingerprint density at radius 2 is 1.82 bits per heavy atom. The minimum Gasteiger partial charge on any atom is -0.314 e. The molecule has 0 aliphatic rings. The molecule has 0 unspecified atom stereocenters. The van der Waals surface area contributed by atoms with E-state index in [0.29, 0.717) is 0 Å². The van der Waals surface area contributed by atoms with Crippen LogP contribution in [0.25, 0.3) is 0 Å². The van der Waals surface area contributed by atoms with E-state index in [2.05, 4.69) is 29.5 Å². The Hall–Kier alpha value is 0.0969. The van der Waals surface area contributed by atoms with Crippen molar-refractivity contribution in [2.24, 2.45) is 0 Å². The highest BCUT2D eigenvalue weighted by Crippen LogP contribution is 1.90. The molecule has 11 heavy (non-hydrogen) atoms. The fraction of sp³-hybridized carbons (Fsp3) is 1.00. The van der Waals surface area contributed by atoms with E-state index in [1.54, 1.807) is 0 Å². The van der Waals surface area contributed by atoms with Gasteiger partial charge >= 0.3 is 0 Å². The van der Waals surface area contributed by atoms with E-state index in [4.69, 9.17) is 0 Å². The molecule has 0 fully saturated rings. The molecule has 0 amide bonds. The van der Waals surface area contributed by atoms with Crippen molar-refractivity contribution >= 4 is 9.68 Å². The topological polar surface area (TPSA) is 36.1 Å². The fourth-order valence-electron chi connectivity index (χ4n) is 0.817. The molecule has 0 rings (SSSR count). The average Bonchev–Trinajstić information content (AvgIpc) is 2.05. The first-order chi connectivity index (χ1) is 5.18. The van der Waals surface area contributed by atoms with Crippen LogP contribution < -0.4 is 15.6 Å². The SMILES string of the molecule is CCC[SiH2]NC(C)(NC)NC. The third kappa shape index (κ3) is 4.52. The Kier molecular flexibility index (Phi) is 5.76. The number of nitrogens with one attached hydrogen (secondary N) is 3. The van der Waals surface area contributed by atoms with E-state index in [0.717, 1.165) is 0 Å². The summed E-state index contributed by atoms with van der Waals surface area (Å²) in [5, 5.41) is 6.40. The van der Waals surface area contributed by atoms with Crippen LogP contribution in [-0.4, -0.2) is 29.6 Å². The highest BCUT2D eigenvalue weighted by Gasteiger charge is 2.15. The maximum atomic E-state index is 3.51. The molecule has 0 saturated carbocycles. The molecule has 0 bridgehead atoms. The molecule has 3 N–H and O–H groups in total. The maximum Gasteiger partial charge on any atom is 0.113 e. The van der Waals surface area contributed by atoms with Gasteiger partial charge in [0.1, 0.15) is 5.79 Å². The zero-order valence-electron chi connectivity index (χ0n) is 8.12. The summed E-state index contributed by atoms with van der Waals surface area (Å²) in [5.41, 5.74) is 0. The van der Waals surface area contributed by atoms with Gasteiger partial charge in [-0.1, -0.05) is 19.4 Å². The van der Waals surface area contributed by atoms with Crippen molar-refractivity contribution in [1.82, 2.24) is 15.6 Å². The minimum absolute atomic E-state index is 0.0542. The second-order valence-corrected chi connectivity index (χ2v) is 4.47. The van der Waals surface area contributed by atoms with Crippen LogP contribution in [0.5, 0.6) is 0 Å². The van der Waals surface area contributed by atoms with E-state index in [1.165, 1.54) is 12.5 Å². The number of hydrogen-bond acceptors (Lipinski definition) is 3. The van der Waals surface area contributed by atoms with E-state index in [9.17, 15) is 0 Å². The average molecular weight is 175 g/mol. The van der Waals surface area contributed by atoms with Crippen molar-refractivity contribution in [1.29, 1.82) is 0 Å². The molecule has 3 nitrogen and oxygen atoms in total.